The maximum absolute atomic E-state index is 6.20. The van der Waals surface area contributed by atoms with E-state index in [9.17, 15) is 0 Å². The topological polar surface area (TPSA) is 38.9 Å². The lowest BCUT2D eigenvalue weighted by Crippen LogP contribution is -2.52. The minimum atomic E-state index is 0.171. The number of thiazole rings is 1. The fraction of sp³-hybridized carbons (Fsp3) is 0.727. The van der Waals surface area contributed by atoms with E-state index in [0.29, 0.717) is 5.41 Å². The molecule has 0 aliphatic heterocycles. The molecule has 4 rings (SSSR count). The molecule has 14 heavy (non-hydrogen) atoms. The van der Waals surface area contributed by atoms with Crippen LogP contribution in [0, 0.1) is 13.8 Å². The predicted molar refractivity (Wildman–Crippen MR) is 58.7 cm³/mol. The Morgan fingerprint density at radius 2 is 2.00 bits per heavy atom. The molecule has 2 bridgehead atoms. The lowest BCUT2D eigenvalue weighted by atomic mass is 9.63. The molecule has 1 aromatic rings. The van der Waals surface area contributed by atoms with E-state index >= 15 is 0 Å². The molecule has 0 aromatic carbocycles. The molecule has 2 nitrogen and oxygen atoms in total. The maximum Gasteiger partial charge on any atom is 0.0900 e. The molecule has 3 aliphatic carbocycles. The van der Waals surface area contributed by atoms with Crippen LogP contribution in [0.3, 0.4) is 0 Å². The number of rotatable bonds is 1. The van der Waals surface area contributed by atoms with Crippen LogP contribution in [0.15, 0.2) is 0 Å². The SMILES string of the molecule is Cc1nc(C23CCC(N)(C2)C3)c(C)s1. The van der Waals surface area contributed by atoms with E-state index < -0.39 is 0 Å². The van der Waals surface area contributed by atoms with Gasteiger partial charge in [-0.25, -0.2) is 4.98 Å². The summed E-state index contributed by atoms with van der Waals surface area (Å²) in [6.45, 7) is 4.30. The number of hydrogen-bond donors (Lipinski definition) is 1. The normalized spacial score (nSPS) is 39.9. The summed E-state index contributed by atoms with van der Waals surface area (Å²) in [5.74, 6) is 0. The highest BCUT2D eigenvalue weighted by atomic mass is 32.1. The van der Waals surface area contributed by atoms with Gasteiger partial charge in [0.05, 0.1) is 10.7 Å². The first-order chi connectivity index (χ1) is 6.53. The van der Waals surface area contributed by atoms with Crippen molar-refractivity contribution in [3.05, 3.63) is 15.6 Å². The van der Waals surface area contributed by atoms with Gasteiger partial charge in [-0.15, -0.1) is 11.3 Å². The van der Waals surface area contributed by atoms with Gasteiger partial charge in [0.15, 0.2) is 0 Å². The fourth-order valence-corrected chi connectivity index (χ4v) is 4.38. The Morgan fingerprint density at radius 1 is 1.29 bits per heavy atom. The van der Waals surface area contributed by atoms with Gasteiger partial charge in [0.25, 0.3) is 0 Å². The zero-order valence-electron chi connectivity index (χ0n) is 8.76. The first-order valence-electron chi connectivity index (χ1n) is 5.27. The molecule has 0 radical (unpaired) electrons. The maximum atomic E-state index is 6.20. The number of aromatic nitrogens is 1. The van der Waals surface area contributed by atoms with Crippen molar-refractivity contribution in [2.75, 3.05) is 0 Å². The first kappa shape index (κ1) is 8.86. The van der Waals surface area contributed by atoms with Crippen molar-refractivity contribution >= 4 is 11.3 Å². The van der Waals surface area contributed by atoms with E-state index in [2.05, 4.69) is 13.8 Å². The van der Waals surface area contributed by atoms with E-state index in [0.717, 1.165) is 0 Å². The molecule has 3 heteroatoms. The molecule has 0 unspecified atom stereocenters. The van der Waals surface area contributed by atoms with Crippen LogP contribution in [0.25, 0.3) is 0 Å². The molecule has 3 fully saturated rings. The Hall–Kier alpha value is -0.410. The van der Waals surface area contributed by atoms with Crippen molar-refractivity contribution in [3.63, 3.8) is 0 Å². The summed E-state index contributed by atoms with van der Waals surface area (Å²) < 4.78 is 0. The molecule has 3 saturated carbocycles. The molecule has 0 atom stereocenters. The highest BCUT2D eigenvalue weighted by Crippen LogP contribution is 2.61. The summed E-state index contributed by atoms with van der Waals surface area (Å²) in [6, 6.07) is 0. The van der Waals surface area contributed by atoms with Crippen molar-refractivity contribution in [1.29, 1.82) is 0 Å². The molecule has 1 heterocycles. The second kappa shape index (κ2) is 2.39. The van der Waals surface area contributed by atoms with E-state index in [-0.39, 0.29) is 5.54 Å². The van der Waals surface area contributed by atoms with Gasteiger partial charge in [0, 0.05) is 15.8 Å². The smallest absolute Gasteiger partial charge is 0.0900 e. The number of nitrogens with two attached hydrogens (primary N) is 1. The largest absolute Gasteiger partial charge is 0.325 e. The molecule has 0 saturated heterocycles. The summed E-state index contributed by atoms with van der Waals surface area (Å²) in [4.78, 5) is 6.10. The van der Waals surface area contributed by atoms with E-state index in [1.807, 2.05) is 11.3 Å². The van der Waals surface area contributed by atoms with Gasteiger partial charge in [-0.3, -0.25) is 0 Å². The molecule has 2 N–H and O–H groups in total. The van der Waals surface area contributed by atoms with Crippen molar-refractivity contribution < 1.29 is 0 Å². The summed E-state index contributed by atoms with van der Waals surface area (Å²) in [5.41, 5.74) is 8.11. The van der Waals surface area contributed by atoms with Crippen LogP contribution in [0.1, 0.15) is 41.3 Å². The van der Waals surface area contributed by atoms with Gasteiger partial charge in [-0.05, 0) is 39.5 Å². The van der Waals surface area contributed by atoms with Crippen LogP contribution in [0.4, 0.5) is 0 Å². The van der Waals surface area contributed by atoms with Gasteiger partial charge in [0.2, 0.25) is 0 Å². The highest BCUT2D eigenvalue weighted by molar-refractivity contribution is 7.11. The Bertz CT molecular complexity index is 388. The average molecular weight is 208 g/mol. The zero-order chi connectivity index (χ0) is 9.97. The van der Waals surface area contributed by atoms with Gasteiger partial charge < -0.3 is 5.73 Å². The molecular formula is C11H16N2S. The molecular weight excluding hydrogens is 192 g/mol. The number of hydrogen-bond acceptors (Lipinski definition) is 3. The van der Waals surface area contributed by atoms with Crippen molar-refractivity contribution in [3.8, 4) is 0 Å². The van der Waals surface area contributed by atoms with Gasteiger partial charge >= 0.3 is 0 Å². The molecule has 76 valence electrons. The molecule has 3 aliphatic rings. The quantitative estimate of drug-likeness (QED) is 0.769. The summed E-state index contributed by atoms with van der Waals surface area (Å²) in [6.07, 6.45) is 4.80. The van der Waals surface area contributed by atoms with Crippen LogP contribution in [0.5, 0.6) is 0 Å². The van der Waals surface area contributed by atoms with Crippen molar-refractivity contribution in [2.24, 2.45) is 5.73 Å². The second-order valence-corrected chi connectivity index (χ2v) is 6.54. The van der Waals surface area contributed by atoms with E-state index in [1.54, 1.807) is 0 Å². The first-order valence-corrected chi connectivity index (χ1v) is 6.08. The highest BCUT2D eigenvalue weighted by Gasteiger charge is 2.60. The summed E-state index contributed by atoms with van der Waals surface area (Å²) >= 11 is 1.83. The minimum Gasteiger partial charge on any atom is -0.325 e. The van der Waals surface area contributed by atoms with Gasteiger partial charge in [-0.1, -0.05) is 0 Å². The summed E-state index contributed by atoms with van der Waals surface area (Å²) in [5, 5.41) is 1.20. The molecule has 0 amide bonds. The van der Waals surface area contributed by atoms with Crippen molar-refractivity contribution in [2.45, 2.75) is 50.5 Å². The van der Waals surface area contributed by atoms with Gasteiger partial charge in [0.1, 0.15) is 0 Å². The standard InChI is InChI=1S/C11H16N2S/c1-7-9(13-8(2)14-7)10-3-4-11(12,5-10)6-10/h3-6,12H2,1-2H3. The molecule has 1 aromatic heterocycles. The third kappa shape index (κ3) is 0.971. The van der Waals surface area contributed by atoms with Gasteiger partial charge in [-0.2, -0.15) is 0 Å². The predicted octanol–water partition coefficient (Wildman–Crippen LogP) is 2.28. The second-order valence-electron chi connectivity index (χ2n) is 5.13. The summed E-state index contributed by atoms with van der Waals surface area (Å²) in [7, 11) is 0. The fourth-order valence-electron chi connectivity index (χ4n) is 3.44. The Labute approximate surface area is 88.5 Å². The van der Waals surface area contributed by atoms with E-state index in [4.69, 9.17) is 10.7 Å². The molecule has 0 spiro atoms. The van der Waals surface area contributed by atoms with Crippen LogP contribution >= 0.6 is 11.3 Å². The van der Waals surface area contributed by atoms with Crippen molar-refractivity contribution in [1.82, 2.24) is 4.98 Å². The van der Waals surface area contributed by atoms with E-state index in [1.165, 1.54) is 41.3 Å². The lowest BCUT2D eigenvalue weighted by Gasteiger charge is -2.44. The Balaban J connectivity index is 2.01. The third-order valence-corrected chi connectivity index (χ3v) is 4.77. The van der Waals surface area contributed by atoms with Crippen LogP contribution < -0.4 is 5.73 Å². The van der Waals surface area contributed by atoms with Crippen LogP contribution in [-0.4, -0.2) is 10.5 Å². The third-order valence-electron chi connectivity index (χ3n) is 3.89. The average Bonchev–Trinajstić information content (AvgIpc) is 2.61. The number of aryl methyl sites for hydroxylation is 2. The Kier molecular flexibility index (Phi) is 1.51. The monoisotopic (exact) mass is 208 g/mol. The van der Waals surface area contributed by atoms with Crippen LogP contribution in [0.2, 0.25) is 0 Å². The zero-order valence-corrected chi connectivity index (χ0v) is 9.58. The number of nitrogens with zero attached hydrogens (tertiary/aromatic N) is 1. The number of fused-ring (bicyclic) bond motifs is 1. The lowest BCUT2D eigenvalue weighted by molar-refractivity contribution is 0.195. The Morgan fingerprint density at radius 3 is 2.43 bits per heavy atom. The minimum absolute atomic E-state index is 0.171. The van der Waals surface area contributed by atoms with Crippen LogP contribution in [-0.2, 0) is 5.41 Å².